The van der Waals surface area contributed by atoms with Gasteiger partial charge in [0.2, 0.25) is 5.95 Å². The molecule has 32 heavy (non-hydrogen) atoms. The third kappa shape index (κ3) is 2.68. The molecule has 6 aromatic rings. The van der Waals surface area contributed by atoms with Gasteiger partial charge in [0, 0.05) is 40.2 Å². The summed E-state index contributed by atoms with van der Waals surface area (Å²) < 4.78 is 4.48. The zero-order valence-electron chi connectivity index (χ0n) is 17.7. The molecule has 3 aromatic carbocycles. The Kier molecular flexibility index (Phi) is 4.32. The highest BCUT2D eigenvalue weighted by Gasteiger charge is 2.20. The number of hydrogen-bond acceptors (Lipinski definition) is 3. The molecule has 0 spiro atoms. The monoisotopic (exact) mass is 415 g/mol. The van der Waals surface area contributed by atoms with E-state index in [9.17, 15) is 0 Å². The minimum atomic E-state index is 0.532. The molecular weight excluding hydrogens is 394 g/mol. The third-order valence-electron chi connectivity index (χ3n) is 5.92. The number of aromatic nitrogens is 4. The lowest BCUT2D eigenvalue weighted by atomic mass is 10.1. The number of para-hydroxylation sites is 2. The molecule has 0 bridgehead atoms. The van der Waals surface area contributed by atoms with Gasteiger partial charge in [-0.05, 0) is 31.2 Å². The highest BCUT2D eigenvalue weighted by atomic mass is 15.2. The SMILES string of the molecule is C/C=C\C=N/Cn1c2ccccc2c2ccc3c4ccccc4n(-c4ncccn4)c3c21. The van der Waals surface area contributed by atoms with Gasteiger partial charge in [0.15, 0.2) is 0 Å². The summed E-state index contributed by atoms with van der Waals surface area (Å²) in [6.07, 6.45) is 9.38. The van der Waals surface area contributed by atoms with Crippen LogP contribution in [0, 0.1) is 0 Å². The molecule has 5 nitrogen and oxygen atoms in total. The standard InChI is InChI=1S/C27H21N5/c1-2-3-15-28-18-31-23-11-6-4-9-19(23)21-13-14-22-20-10-5-7-12-24(20)32(26(22)25(21)31)27-29-16-8-17-30-27/h2-17H,18H2,1H3/b3-2-,28-15-. The maximum atomic E-state index is 4.68. The Labute approximate surface area is 185 Å². The average Bonchev–Trinajstić information content (AvgIpc) is 3.35. The fourth-order valence-corrected chi connectivity index (χ4v) is 4.63. The highest BCUT2D eigenvalue weighted by Crippen LogP contribution is 2.39. The molecule has 0 atom stereocenters. The second kappa shape index (κ2) is 7.46. The first-order chi connectivity index (χ1) is 15.9. The predicted molar refractivity (Wildman–Crippen MR) is 133 cm³/mol. The normalized spacial score (nSPS) is 12.4. The molecule has 0 radical (unpaired) electrons. The second-order valence-electron chi connectivity index (χ2n) is 7.70. The Hall–Kier alpha value is -4.25. The quantitative estimate of drug-likeness (QED) is 0.318. The molecule has 154 valence electrons. The van der Waals surface area contributed by atoms with Gasteiger partial charge in [0.05, 0.1) is 22.1 Å². The Morgan fingerprint density at radius 2 is 1.41 bits per heavy atom. The summed E-state index contributed by atoms with van der Waals surface area (Å²) in [6.45, 7) is 2.53. The van der Waals surface area contributed by atoms with Crippen LogP contribution in [0.2, 0.25) is 0 Å². The summed E-state index contributed by atoms with van der Waals surface area (Å²) in [4.78, 5) is 13.9. The van der Waals surface area contributed by atoms with Gasteiger partial charge in [0.1, 0.15) is 6.67 Å². The summed E-state index contributed by atoms with van der Waals surface area (Å²) in [5.41, 5.74) is 4.51. The summed E-state index contributed by atoms with van der Waals surface area (Å²) >= 11 is 0. The molecule has 0 unspecified atom stereocenters. The molecule has 6 rings (SSSR count). The van der Waals surface area contributed by atoms with Gasteiger partial charge in [-0.15, -0.1) is 0 Å². The number of nitrogens with zero attached hydrogens (tertiary/aromatic N) is 5. The number of hydrogen-bond donors (Lipinski definition) is 0. The van der Waals surface area contributed by atoms with Crippen molar-refractivity contribution in [1.82, 2.24) is 19.1 Å². The summed E-state index contributed by atoms with van der Waals surface area (Å²) in [5.74, 6) is 0.667. The summed E-state index contributed by atoms with van der Waals surface area (Å²) in [5, 5.41) is 4.79. The topological polar surface area (TPSA) is 48.0 Å². The van der Waals surface area contributed by atoms with Crippen LogP contribution in [-0.4, -0.2) is 25.3 Å². The lowest BCUT2D eigenvalue weighted by molar-refractivity contribution is 0.797. The van der Waals surface area contributed by atoms with Crippen molar-refractivity contribution in [3.8, 4) is 5.95 Å². The van der Waals surface area contributed by atoms with Crippen molar-refractivity contribution in [1.29, 1.82) is 0 Å². The Balaban J connectivity index is 1.82. The fourth-order valence-electron chi connectivity index (χ4n) is 4.63. The Morgan fingerprint density at radius 1 is 0.750 bits per heavy atom. The van der Waals surface area contributed by atoms with Crippen molar-refractivity contribution in [3.05, 3.63) is 91.3 Å². The largest absolute Gasteiger partial charge is 0.318 e. The van der Waals surface area contributed by atoms with Crippen LogP contribution < -0.4 is 0 Å². The average molecular weight is 416 g/mol. The van der Waals surface area contributed by atoms with Crippen LogP contribution in [0.25, 0.3) is 49.6 Å². The first-order valence-corrected chi connectivity index (χ1v) is 10.7. The lowest BCUT2D eigenvalue weighted by Crippen LogP contribution is -2.02. The van der Waals surface area contributed by atoms with Crippen molar-refractivity contribution < 1.29 is 0 Å². The molecular formula is C27H21N5. The maximum absolute atomic E-state index is 4.68. The van der Waals surface area contributed by atoms with Gasteiger partial charge in [-0.2, -0.15) is 0 Å². The minimum absolute atomic E-state index is 0.532. The maximum Gasteiger partial charge on any atom is 0.234 e. The third-order valence-corrected chi connectivity index (χ3v) is 5.92. The fraction of sp³-hybridized carbons (Fsp3) is 0.0741. The number of benzene rings is 3. The molecule has 3 aromatic heterocycles. The minimum Gasteiger partial charge on any atom is -0.318 e. The van der Waals surface area contributed by atoms with Crippen LogP contribution in [0.4, 0.5) is 0 Å². The van der Waals surface area contributed by atoms with E-state index in [1.807, 2.05) is 31.4 Å². The summed E-state index contributed by atoms with van der Waals surface area (Å²) in [6, 6.07) is 23.3. The molecule has 0 fully saturated rings. The zero-order chi connectivity index (χ0) is 21.5. The van der Waals surface area contributed by atoms with E-state index in [-0.39, 0.29) is 0 Å². The van der Waals surface area contributed by atoms with E-state index >= 15 is 0 Å². The van der Waals surface area contributed by atoms with Crippen LogP contribution in [0.5, 0.6) is 0 Å². The predicted octanol–water partition coefficient (Wildman–Crippen LogP) is 6.29. The summed E-state index contributed by atoms with van der Waals surface area (Å²) in [7, 11) is 0. The van der Waals surface area contributed by atoms with E-state index in [2.05, 4.69) is 84.8 Å². The van der Waals surface area contributed by atoms with Gasteiger partial charge < -0.3 is 4.57 Å². The first kappa shape index (κ1) is 18.5. The molecule has 0 saturated carbocycles. The van der Waals surface area contributed by atoms with Crippen molar-refractivity contribution >= 4 is 49.8 Å². The molecule has 0 aliphatic carbocycles. The van der Waals surface area contributed by atoms with E-state index in [0.29, 0.717) is 12.6 Å². The molecule has 0 amide bonds. The number of fused-ring (bicyclic) bond motifs is 7. The Morgan fingerprint density at radius 3 is 2.16 bits per heavy atom. The van der Waals surface area contributed by atoms with Gasteiger partial charge in [-0.25, -0.2) is 9.97 Å². The molecule has 3 heterocycles. The zero-order valence-corrected chi connectivity index (χ0v) is 17.7. The molecule has 0 aliphatic heterocycles. The lowest BCUT2D eigenvalue weighted by Gasteiger charge is -2.09. The van der Waals surface area contributed by atoms with Crippen LogP contribution in [0.3, 0.4) is 0 Å². The molecule has 0 N–H and O–H groups in total. The van der Waals surface area contributed by atoms with Gasteiger partial charge in [-0.3, -0.25) is 9.56 Å². The molecule has 5 heteroatoms. The van der Waals surface area contributed by atoms with E-state index in [1.165, 1.54) is 27.1 Å². The first-order valence-electron chi connectivity index (χ1n) is 10.7. The highest BCUT2D eigenvalue weighted by molar-refractivity contribution is 6.23. The number of rotatable bonds is 4. The Bertz CT molecular complexity index is 1650. The van der Waals surface area contributed by atoms with Crippen LogP contribution in [0.15, 0.2) is 96.3 Å². The van der Waals surface area contributed by atoms with Crippen LogP contribution in [0.1, 0.15) is 6.92 Å². The second-order valence-corrected chi connectivity index (χ2v) is 7.70. The smallest absolute Gasteiger partial charge is 0.234 e. The van der Waals surface area contributed by atoms with Crippen molar-refractivity contribution in [2.24, 2.45) is 4.99 Å². The molecule has 0 saturated heterocycles. The number of aliphatic imine (C=N–C) groups is 1. The van der Waals surface area contributed by atoms with Crippen LogP contribution >= 0.6 is 0 Å². The molecule has 0 aliphatic rings. The van der Waals surface area contributed by atoms with E-state index in [1.54, 1.807) is 12.4 Å². The van der Waals surface area contributed by atoms with Gasteiger partial charge in [-0.1, -0.05) is 54.6 Å². The van der Waals surface area contributed by atoms with E-state index in [0.717, 1.165) is 16.6 Å². The van der Waals surface area contributed by atoms with Crippen molar-refractivity contribution in [2.75, 3.05) is 0 Å². The van der Waals surface area contributed by atoms with Gasteiger partial charge in [0.25, 0.3) is 0 Å². The van der Waals surface area contributed by atoms with E-state index in [4.69, 9.17) is 0 Å². The van der Waals surface area contributed by atoms with Gasteiger partial charge >= 0.3 is 0 Å². The van der Waals surface area contributed by atoms with Crippen molar-refractivity contribution in [2.45, 2.75) is 13.6 Å². The van der Waals surface area contributed by atoms with E-state index < -0.39 is 0 Å². The number of allylic oxidation sites excluding steroid dienone is 2. The van der Waals surface area contributed by atoms with Crippen LogP contribution in [-0.2, 0) is 6.67 Å². The van der Waals surface area contributed by atoms with Crippen molar-refractivity contribution in [3.63, 3.8) is 0 Å².